The van der Waals surface area contributed by atoms with E-state index in [2.05, 4.69) is 47.0 Å². The summed E-state index contributed by atoms with van der Waals surface area (Å²) >= 11 is 0. The lowest BCUT2D eigenvalue weighted by Crippen LogP contribution is -2.59. The number of pyridine rings is 1. The van der Waals surface area contributed by atoms with Gasteiger partial charge in [0.2, 0.25) is 0 Å². The van der Waals surface area contributed by atoms with E-state index in [1.807, 2.05) is 79.6 Å². The highest BCUT2D eigenvalue weighted by Gasteiger charge is 2.39. The van der Waals surface area contributed by atoms with Crippen LogP contribution < -0.4 is 16.1 Å². The van der Waals surface area contributed by atoms with E-state index >= 15 is 0 Å². The minimum absolute atomic E-state index is 0.00459. The lowest BCUT2D eigenvalue weighted by molar-refractivity contribution is -0.113. The smallest absolute Gasteiger partial charge is 0.254 e. The van der Waals surface area contributed by atoms with E-state index in [1.54, 1.807) is 6.20 Å². The van der Waals surface area contributed by atoms with Crippen molar-refractivity contribution in [3.63, 3.8) is 0 Å². The van der Waals surface area contributed by atoms with Crippen molar-refractivity contribution in [1.82, 2.24) is 20.7 Å². The Bertz CT molecular complexity index is 1140. The molecule has 3 N–H and O–H groups in total. The molecule has 33 heavy (non-hydrogen) atoms. The van der Waals surface area contributed by atoms with Gasteiger partial charge in [0.25, 0.3) is 5.91 Å². The Balaban J connectivity index is 1.62. The molecule has 1 saturated heterocycles. The second-order valence-corrected chi connectivity index (χ2v) is 8.90. The van der Waals surface area contributed by atoms with Gasteiger partial charge in [-0.15, -0.1) is 0 Å². The number of anilines is 1. The molecule has 170 valence electrons. The highest BCUT2D eigenvalue weighted by atomic mass is 16.1. The monoisotopic (exact) mass is 441 g/mol. The minimum Gasteiger partial charge on any atom is -0.362 e. The van der Waals surface area contributed by atoms with Gasteiger partial charge in [-0.3, -0.25) is 14.8 Å². The molecule has 1 amide bonds. The quantitative estimate of drug-likeness (QED) is 0.493. The summed E-state index contributed by atoms with van der Waals surface area (Å²) in [5, 5.41) is 8.65. The van der Waals surface area contributed by atoms with Gasteiger partial charge >= 0.3 is 0 Å². The van der Waals surface area contributed by atoms with Crippen molar-refractivity contribution in [2.24, 2.45) is 0 Å². The zero-order valence-corrected chi connectivity index (χ0v) is 19.6. The molecule has 1 unspecified atom stereocenters. The SMILES string of the molecule is CNN1/C(=C(\C)C(=O)Nc2cccc(-c3ccccc3)c2)NC(c2ccccn2)CC1(C)C. The van der Waals surface area contributed by atoms with E-state index in [0.29, 0.717) is 5.57 Å². The van der Waals surface area contributed by atoms with E-state index in [4.69, 9.17) is 0 Å². The van der Waals surface area contributed by atoms with Crippen molar-refractivity contribution in [1.29, 1.82) is 0 Å². The second-order valence-electron chi connectivity index (χ2n) is 8.90. The summed E-state index contributed by atoms with van der Waals surface area (Å²) < 4.78 is 0. The Labute approximate surface area is 195 Å². The minimum atomic E-state index is -0.230. The van der Waals surface area contributed by atoms with Crippen molar-refractivity contribution in [2.45, 2.75) is 38.8 Å². The highest BCUT2D eigenvalue weighted by molar-refractivity contribution is 6.04. The standard InChI is InChI=1S/C27H31N5O/c1-19(26(33)30-22-14-10-13-21(17-22)20-11-6-5-7-12-20)25-31-24(23-15-8-9-16-29-23)18-27(2,3)32(25)28-4/h5-17,24,28,31H,18H2,1-4H3,(H,30,33)/b25-19+. The van der Waals surface area contributed by atoms with Crippen molar-refractivity contribution < 1.29 is 4.79 Å². The lowest BCUT2D eigenvalue weighted by atomic mass is 9.89. The summed E-state index contributed by atoms with van der Waals surface area (Å²) in [5.41, 5.74) is 7.52. The van der Waals surface area contributed by atoms with Gasteiger partial charge in [-0.25, -0.2) is 5.43 Å². The molecule has 1 aliphatic heterocycles. The summed E-state index contributed by atoms with van der Waals surface area (Å²) in [5.74, 6) is 0.599. The Kier molecular flexibility index (Phi) is 6.47. The maximum absolute atomic E-state index is 13.3. The number of benzene rings is 2. The normalized spacial score (nSPS) is 18.9. The summed E-state index contributed by atoms with van der Waals surface area (Å²) in [6, 6.07) is 24.0. The molecule has 6 heteroatoms. The van der Waals surface area contributed by atoms with Crippen LogP contribution in [0.25, 0.3) is 11.1 Å². The van der Waals surface area contributed by atoms with E-state index in [1.165, 1.54) is 0 Å². The van der Waals surface area contributed by atoms with Crippen molar-refractivity contribution in [2.75, 3.05) is 12.4 Å². The fourth-order valence-electron chi connectivity index (χ4n) is 4.36. The summed E-state index contributed by atoms with van der Waals surface area (Å²) in [7, 11) is 1.87. The van der Waals surface area contributed by atoms with E-state index in [-0.39, 0.29) is 17.5 Å². The van der Waals surface area contributed by atoms with Gasteiger partial charge in [0.05, 0.1) is 22.8 Å². The van der Waals surface area contributed by atoms with Crippen LogP contribution >= 0.6 is 0 Å². The number of carbonyl (C=O) groups excluding carboxylic acids is 1. The molecule has 6 nitrogen and oxygen atoms in total. The molecular formula is C27H31N5O. The molecule has 0 bridgehead atoms. The molecule has 4 rings (SSSR count). The highest BCUT2D eigenvalue weighted by Crippen LogP contribution is 2.35. The average molecular weight is 442 g/mol. The van der Waals surface area contributed by atoms with Crippen LogP contribution in [0.5, 0.6) is 0 Å². The van der Waals surface area contributed by atoms with Crippen LogP contribution in [0.4, 0.5) is 5.69 Å². The van der Waals surface area contributed by atoms with Crippen LogP contribution in [0.2, 0.25) is 0 Å². The summed E-state index contributed by atoms with van der Waals surface area (Å²) in [6.45, 7) is 6.17. The number of carbonyl (C=O) groups is 1. The van der Waals surface area contributed by atoms with Gasteiger partial charge in [-0.2, -0.15) is 0 Å². The van der Waals surface area contributed by atoms with Crippen LogP contribution in [0.3, 0.4) is 0 Å². The van der Waals surface area contributed by atoms with E-state index < -0.39 is 0 Å². The molecule has 1 aliphatic rings. The van der Waals surface area contributed by atoms with Crippen molar-refractivity contribution >= 4 is 11.6 Å². The van der Waals surface area contributed by atoms with Gasteiger partial charge < -0.3 is 10.6 Å². The predicted molar refractivity (Wildman–Crippen MR) is 133 cm³/mol. The number of aromatic nitrogens is 1. The fraction of sp³-hybridized carbons (Fsp3) is 0.259. The van der Waals surface area contributed by atoms with E-state index in [0.717, 1.165) is 34.8 Å². The van der Waals surface area contributed by atoms with Crippen LogP contribution in [-0.4, -0.2) is 28.5 Å². The van der Waals surface area contributed by atoms with Crippen molar-refractivity contribution in [3.8, 4) is 11.1 Å². The molecule has 3 aromatic rings. The fourth-order valence-corrected chi connectivity index (χ4v) is 4.36. The average Bonchev–Trinajstić information content (AvgIpc) is 2.83. The summed E-state index contributed by atoms with van der Waals surface area (Å²) in [4.78, 5) is 17.8. The first-order valence-electron chi connectivity index (χ1n) is 11.2. The predicted octanol–water partition coefficient (Wildman–Crippen LogP) is 4.87. The number of hydrazine groups is 1. The molecule has 0 spiro atoms. The molecule has 1 fully saturated rings. The third kappa shape index (κ3) is 4.91. The van der Waals surface area contributed by atoms with Gasteiger partial charge in [0.1, 0.15) is 5.82 Å². The number of amides is 1. The topological polar surface area (TPSA) is 69.3 Å². The van der Waals surface area contributed by atoms with Crippen LogP contribution in [0.1, 0.15) is 38.9 Å². The Hall–Kier alpha value is -3.64. The Morgan fingerprint density at radius 2 is 1.76 bits per heavy atom. The molecular weight excluding hydrogens is 410 g/mol. The molecule has 1 atom stereocenters. The maximum atomic E-state index is 13.3. The number of hydrogen-bond donors (Lipinski definition) is 3. The van der Waals surface area contributed by atoms with Gasteiger partial charge in [0, 0.05) is 18.9 Å². The number of nitrogens with zero attached hydrogens (tertiary/aromatic N) is 2. The first-order chi connectivity index (χ1) is 15.9. The Morgan fingerprint density at radius 1 is 1.03 bits per heavy atom. The lowest BCUT2D eigenvalue weighted by Gasteiger charge is -2.48. The zero-order chi connectivity index (χ0) is 23.4. The first-order valence-corrected chi connectivity index (χ1v) is 11.2. The third-order valence-corrected chi connectivity index (χ3v) is 6.04. The number of hydrogen-bond acceptors (Lipinski definition) is 5. The first kappa shape index (κ1) is 22.6. The number of rotatable bonds is 5. The Morgan fingerprint density at radius 3 is 2.45 bits per heavy atom. The maximum Gasteiger partial charge on any atom is 0.254 e. The van der Waals surface area contributed by atoms with Crippen LogP contribution in [-0.2, 0) is 4.79 Å². The summed E-state index contributed by atoms with van der Waals surface area (Å²) in [6.07, 6.45) is 2.64. The molecule has 0 aliphatic carbocycles. The van der Waals surface area contributed by atoms with Gasteiger partial charge in [0.15, 0.2) is 0 Å². The largest absolute Gasteiger partial charge is 0.362 e. The van der Waals surface area contributed by atoms with Crippen LogP contribution in [0.15, 0.2) is 90.4 Å². The molecule has 2 heterocycles. The second kappa shape index (κ2) is 9.46. The van der Waals surface area contributed by atoms with Gasteiger partial charge in [-0.1, -0.05) is 48.5 Å². The van der Waals surface area contributed by atoms with E-state index in [9.17, 15) is 4.79 Å². The molecule has 2 aromatic carbocycles. The van der Waals surface area contributed by atoms with Gasteiger partial charge in [-0.05, 0) is 62.6 Å². The molecule has 0 saturated carbocycles. The molecule has 0 radical (unpaired) electrons. The third-order valence-electron chi connectivity index (χ3n) is 6.04. The zero-order valence-electron chi connectivity index (χ0n) is 19.6. The van der Waals surface area contributed by atoms with Crippen molar-refractivity contribution in [3.05, 3.63) is 96.1 Å². The van der Waals surface area contributed by atoms with Crippen LogP contribution in [0, 0.1) is 0 Å². The number of nitrogens with one attached hydrogen (secondary N) is 3. The molecule has 1 aromatic heterocycles.